The number of ether oxygens (including phenoxy) is 2. The van der Waals surface area contributed by atoms with Crippen LogP contribution in [0.3, 0.4) is 0 Å². The molecule has 0 spiro atoms. The predicted octanol–water partition coefficient (Wildman–Crippen LogP) is 6.08. The number of thiazole rings is 1. The van der Waals surface area contributed by atoms with Gasteiger partial charge < -0.3 is 14.8 Å². The van der Waals surface area contributed by atoms with Crippen molar-refractivity contribution in [1.29, 1.82) is 0 Å². The number of nitrogens with zero attached hydrogens (tertiary/aromatic N) is 2. The topological polar surface area (TPSA) is 81.9 Å². The monoisotopic (exact) mass is 665 g/mol. The molecule has 2 aromatic heterocycles. The Morgan fingerprint density at radius 1 is 1.02 bits per heavy atom. The Hall–Kier alpha value is -5.01. The van der Waals surface area contributed by atoms with Crippen LogP contribution in [0.5, 0.6) is 11.5 Å². The summed E-state index contributed by atoms with van der Waals surface area (Å²) in [6.07, 6.45) is 1.60. The highest BCUT2D eigenvalue weighted by atomic mass is 32.1. The number of para-hydroxylation sites is 1. The summed E-state index contributed by atoms with van der Waals surface area (Å²) >= 11 is 2.54. The van der Waals surface area contributed by atoms with Gasteiger partial charge in [0, 0.05) is 22.2 Å². The third-order valence-electron chi connectivity index (χ3n) is 7.16. The van der Waals surface area contributed by atoms with Gasteiger partial charge in [-0.3, -0.25) is 14.2 Å². The Kier molecular flexibility index (Phi) is 8.61. The van der Waals surface area contributed by atoms with Gasteiger partial charge in [0.25, 0.3) is 11.5 Å². The summed E-state index contributed by atoms with van der Waals surface area (Å²) in [5, 5.41) is 4.77. The Morgan fingerprint density at radius 3 is 2.43 bits per heavy atom. The van der Waals surface area contributed by atoms with Gasteiger partial charge in [-0.25, -0.2) is 13.8 Å². The molecule has 1 N–H and O–H groups in total. The SMILES string of the molecule is COc1ccc(/C=c2\sc3n(c2=O)C(c2cccs2)C(C(=O)Nc2ccccc2)=C(C)N=3)cc1COc1c(F)c(F)cc(F)c1F. The van der Waals surface area contributed by atoms with E-state index in [1.807, 2.05) is 23.6 Å². The Balaban J connectivity index is 1.38. The number of aromatic nitrogens is 1. The van der Waals surface area contributed by atoms with Crippen molar-refractivity contribution in [1.82, 2.24) is 4.57 Å². The van der Waals surface area contributed by atoms with Gasteiger partial charge in [-0.1, -0.05) is 41.7 Å². The van der Waals surface area contributed by atoms with Gasteiger partial charge in [-0.2, -0.15) is 8.78 Å². The molecule has 1 aliphatic heterocycles. The largest absolute Gasteiger partial charge is 0.496 e. The molecule has 1 atom stereocenters. The molecule has 0 fully saturated rings. The molecular formula is C33H23F4N3O4S2. The highest BCUT2D eigenvalue weighted by Gasteiger charge is 2.33. The average molecular weight is 666 g/mol. The van der Waals surface area contributed by atoms with E-state index in [-0.39, 0.29) is 23.3 Å². The van der Waals surface area contributed by atoms with Gasteiger partial charge >= 0.3 is 0 Å². The number of carbonyl (C=O) groups excluding carboxylic acids is 1. The first-order valence-corrected chi connectivity index (χ1v) is 15.4. The number of benzene rings is 3. The molecule has 46 heavy (non-hydrogen) atoms. The van der Waals surface area contributed by atoms with Crippen LogP contribution < -0.4 is 29.7 Å². The average Bonchev–Trinajstić information content (AvgIpc) is 3.68. The number of amides is 1. The molecule has 0 radical (unpaired) electrons. The summed E-state index contributed by atoms with van der Waals surface area (Å²) in [5.74, 6) is -7.83. The van der Waals surface area contributed by atoms with E-state index in [9.17, 15) is 27.2 Å². The normalized spacial score (nSPS) is 14.6. The van der Waals surface area contributed by atoms with Crippen LogP contribution in [0.25, 0.3) is 6.08 Å². The quantitative estimate of drug-likeness (QED) is 0.161. The first-order chi connectivity index (χ1) is 22.2. The van der Waals surface area contributed by atoms with Crippen LogP contribution in [0.2, 0.25) is 0 Å². The van der Waals surface area contributed by atoms with E-state index in [4.69, 9.17) is 9.47 Å². The first kappa shape index (κ1) is 31.0. The van der Waals surface area contributed by atoms with Gasteiger partial charge in [-0.05, 0) is 54.3 Å². The fourth-order valence-electron chi connectivity index (χ4n) is 5.03. The number of carbonyl (C=O) groups is 1. The molecule has 5 aromatic rings. The van der Waals surface area contributed by atoms with Crippen molar-refractivity contribution in [2.75, 3.05) is 12.4 Å². The number of halogens is 4. The number of anilines is 1. The lowest BCUT2D eigenvalue weighted by molar-refractivity contribution is -0.113. The molecule has 0 saturated carbocycles. The van der Waals surface area contributed by atoms with Crippen LogP contribution in [0.4, 0.5) is 23.2 Å². The summed E-state index contributed by atoms with van der Waals surface area (Å²) in [5.41, 5.74) is 1.82. The second-order valence-electron chi connectivity index (χ2n) is 10.1. The highest BCUT2D eigenvalue weighted by molar-refractivity contribution is 7.10. The molecule has 1 aliphatic rings. The van der Waals surface area contributed by atoms with Crippen LogP contribution >= 0.6 is 22.7 Å². The number of hydrogen-bond donors (Lipinski definition) is 1. The molecule has 3 aromatic carbocycles. The van der Waals surface area contributed by atoms with E-state index in [0.29, 0.717) is 37.4 Å². The van der Waals surface area contributed by atoms with Crippen molar-refractivity contribution >= 4 is 40.3 Å². The number of fused-ring (bicyclic) bond motifs is 1. The number of hydrogen-bond acceptors (Lipinski definition) is 7. The minimum atomic E-state index is -1.66. The molecular weight excluding hydrogens is 643 g/mol. The summed E-state index contributed by atoms with van der Waals surface area (Å²) in [4.78, 5) is 33.3. The molecule has 0 aliphatic carbocycles. The van der Waals surface area contributed by atoms with Crippen LogP contribution in [0.15, 0.2) is 93.2 Å². The maximum absolute atomic E-state index is 14.2. The minimum Gasteiger partial charge on any atom is -0.496 e. The smallest absolute Gasteiger partial charge is 0.271 e. The van der Waals surface area contributed by atoms with E-state index in [2.05, 4.69) is 10.3 Å². The zero-order chi connectivity index (χ0) is 32.5. The van der Waals surface area contributed by atoms with Crippen molar-refractivity contribution in [2.24, 2.45) is 4.99 Å². The second kappa shape index (κ2) is 12.8. The lowest BCUT2D eigenvalue weighted by Gasteiger charge is -2.24. The molecule has 6 rings (SSSR count). The highest BCUT2D eigenvalue weighted by Crippen LogP contribution is 2.33. The fourth-order valence-corrected chi connectivity index (χ4v) is 6.90. The van der Waals surface area contributed by atoms with Gasteiger partial charge in [0.2, 0.25) is 11.6 Å². The number of methoxy groups -OCH3 is 1. The lowest BCUT2D eigenvalue weighted by Crippen LogP contribution is -2.40. The molecule has 1 unspecified atom stereocenters. The molecule has 0 bridgehead atoms. The van der Waals surface area contributed by atoms with E-state index in [1.165, 1.54) is 23.0 Å². The zero-order valence-electron chi connectivity index (χ0n) is 24.1. The van der Waals surface area contributed by atoms with Gasteiger partial charge in [0.15, 0.2) is 22.2 Å². The third-order valence-corrected chi connectivity index (χ3v) is 9.06. The number of allylic oxidation sites excluding steroid dienone is 1. The van der Waals surface area contributed by atoms with Crippen LogP contribution in [-0.2, 0) is 11.4 Å². The summed E-state index contributed by atoms with van der Waals surface area (Å²) in [7, 11) is 1.37. The molecule has 1 amide bonds. The van der Waals surface area contributed by atoms with E-state index in [1.54, 1.807) is 55.5 Å². The van der Waals surface area contributed by atoms with E-state index in [0.717, 1.165) is 16.2 Å². The van der Waals surface area contributed by atoms with Crippen LogP contribution in [0, 0.1) is 23.3 Å². The fraction of sp³-hybridized carbons (Fsp3) is 0.121. The van der Waals surface area contributed by atoms with Gasteiger partial charge in [-0.15, -0.1) is 11.3 Å². The van der Waals surface area contributed by atoms with Crippen molar-refractivity contribution in [3.05, 3.63) is 142 Å². The molecule has 234 valence electrons. The summed E-state index contributed by atoms with van der Waals surface area (Å²) < 4.78 is 68.0. The number of rotatable bonds is 8. The van der Waals surface area contributed by atoms with E-state index < -0.39 is 41.7 Å². The van der Waals surface area contributed by atoms with Crippen molar-refractivity contribution in [3.63, 3.8) is 0 Å². The molecule has 7 nitrogen and oxygen atoms in total. The zero-order valence-corrected chi connectivity index (χ0v) is 25.8. The molecule has 0 saturated heterocycles. The van der Waals surface area contributed by atoms with Crippen LogP contribution in [0.1, 0.15) is 29.0 Å². The van der Waals surface area contributed by atoms with Crippen molar-refractivity contribution < 1.29 is 31.8 Å². The third kappa shape index (κ3) is 5.86. The van der Waals surface area contributed by atoms with Gasteiger partial charge in [0.1, 0.15) is 18.4 Å². The van der Waals surface area contributed by atoms with Crippen LogP contribution in [-0.4, -0.2) is 17.6 Å². The van der Waals surface area contributed by atoms with Crippen molar-refractivity contribution in [3.8, 4) is 11.5 Å². The first-order valence-electron chi connectivity index (χ1n) is 13.7. The second-order valence-corrected chi connectivity index (χ2v) is 12.1. The standard InChI is InChI=1S/C33H23F4N3O4S2/c1-17-26(31(41)39-20-7-4-3-5-8-20)29(24-9-6-12-45-24)40-32(42)25(46-33(40)38-17)14-18-10-11-23(43-2)19(13-18)16-44-30-27(36)21(34)15-22(35)28(30)37/h3-15,29H,16H2,1-2H3,(H,39,41)/b25-14-. The Labute approximate surface area is 267 Å². The maximum Gasteiger partial charge on any atom is 0.271 e. The Bertz CT molecular complexity index is 2150. The maximum atomic E-state index is 14.2. The predicted molar refractivity (Wildman–Crippen MR) is 167 cm³/mol. The molecule has 13 heteroatoms. The van der Waals surface area contributed by atoms with Gasteiger partial charge in [0.05, 0.1) is 22.9 Å². The summed E-state index contributed by atoms with van der Waals surface area (Å²) in [6, 6.07) is 16.8. The molecule has 3 heterocycles. The lowest BCUT2D eigenvalue weighted by atomic mass is 10.0. The Morgan fingerprint density at radius 2 is 1.76 bits per heavy atom. The van der Waals surface area contributed by atoms with E-state index >= 15 is 0 Å². The number of nitrogens with one attached hydrogen (secondary N) is 1. The minimum absolute atomic E-state index is 0.0950. The number of thiophene rings is 1. The summed E-state index contributed by atoms with van der Waals surface area (Å²) in [6.45, 7) is 1.23. The van der Waals surface area contributed by atoms with Crippen molar-refractivity contribution in [2.45, 2.75) is 19.6 Å².